The molecule has 0 bridgehead atoms. The summed E-state index contributed by atoms with van der Waals surface area (Å²) in [6, 6.07) is 10.3. The van der Waals surface area contributed by atoms with Gasteiger partial charge in [0.25, 0.3) is 5.91 Å². The summed E-state index contributed by atoms with van der Waals surface area (Å²) >= 11 is 0. The number of amides is 2. The lowest BCUT2D eigenvalue weighted by atomic mass is 10.1. The quantitative estimate of drug-likeness (QED) is 0.760. The van der Waals surface area contributed by atoms with E-state index in [1.165, 1.54) is 6.42 Å². The van der Waals surface area contributed by atoms with Crippen LogP contribution in [0.15, 0.2) is 30.3 Å². The van der Waals surface area contributed by atoms with Crippen LogP contribution in [-0.2, 0) is 4.79 Å². The Balaban J connectivity index is 1.43. The molecule has 2 fully saturated rings. The molecule has 0 saturated carbocycles. The van der Waals surface area contributed by atoms with E-state index in [4.69, 9.17) is 0 Å². The fraction of sp³-hybridized carbons (Fsp3) is 0.520. The Kier molecular flexibility index (Phi) is 6.46. The van der Waals surface area contributed by atoms with Gasteiger partial charge in [0.2, 0.25) is 5.91 Å². The van der Waals surface area contributed by atoms with E-state index in [0.29, 0.717) is 19.6 Å². The molecule has 1 aromatic carbocycles. The highest BCUT2D eigenvalue weighted by Crippen LogP contribution is 2.23. The number of benzene rings is 1. The van der Waals surface area contributed by atoms with Gasteiger partial charge in [-0.05, 0) is 64.3 Å². The molecule has 1 aromatic heterocycles. The Bertz CT molecular complexity index is 931. The average molecular weight is 423 g/mol. The zero-order chi connectivity index (χ0) is 22.0. The molecule has 2 amide bonds. The molecule has 6 nitrogen and oxygen atoms in total. The molecule has 0 unspecified atom stereocenters. The number of hydrogen-bond acceptors (Lipinski definition) is 3. The number of rotatable bonds is 4. The SMILES string of the molecule is Cc1ccc(-n2c(C)ccc2C)c(C(=O)N2CCN(CC(=O)N3CCCCC3)CC2)c1. The second-order valence-electron chi connectivity index (χ2n) is 8.98. The third-order valence-electron chi connectivity index (χ3n) is 6.62. The van der Waals surface area contributed by atoms with Gasteiger partial charge in [-0.15, -0.1) is 0 Å². The molecule has 2 saturated heterocycles. The van der Waals surface area contributed by atoms with E-state index in [1.54, 1.807) is 0 Å². The molecule has 2 aliphatic rings. The van der Waals surface area contributed by atoms with Crippen LogP contribution in [0.4, 0.5) is 0 Å². The minimum Gasteiger partial charge on any atom is -0.342 e. The van der Waals surface area contributed by atoms with Gasteiger partial charge in [0.1, 0.15) is 0 Å². The standard InChI is InChI=1S/C25H34N4O2/c1-19-7-10-23(29-20(2)8-9-21(29)3)22(17-19)25(31)28-15-13-26(14-16-28)18-24(30)27-11-5-4-6-12-27/h7-10,17H,4-6,11-16,18H2,1-3H3. The molecule has 4 rings (SSSR count). The molecule has 0 spiro atoms. The molecule has 0 radical (unpaired) electrons. The van der Waals surface area contributed by atoms with Gasteiger partial charge in [-0.25, -0.2) is 0 Å². The van der Waals surface area contributed by atoms with Crippen molar-refractivity contribution in [2.75, 3.05) is 45.8 Å². The lowest BCUT2D eigenvalue weighted by Crippen LogP contribution is -2.52. The highest BCUT2D eigenvalue weighted by Gasteiger charge is 2.27. The monoisotopic (exact) mass is 422 g/mol. The Morgan fingerprint density at radius 2 is 1.42 bits per heavy atom. The maximum Gasteiger partial charge on any atom is 0.256 e. The Morgan fingerprint density at radius 1 is 0.774 bits per heavy atom. The number of aryl methyl sites for hydroxylation is 3. The number of nitrogens with zero attached hydrogens (tertiary/aromatic N) is 4. The van der Waals surface area contributed by atoms with Crippen LogP contribution in [0, 0.1) is 20.8 Å². The number of carbonyl (C=O) groups excluding carboxylic acids is 2. The number of piperidine rings is 1. The van der Waals surface area contributed by atoms with Crippen molar-refractivity contribution >= 4 is 11.8 Å². The van der Waals surface area contributed by atoms with Gasteiger partial charge in [0, 0.05) is 50.7 Å². The van der Waals surface area contributed by atoms with Gasteiger partial charge in [0.05, 0.1) is 17.8 Å². The predicted molar refractivity (Wildman–Crippen MR) is 123 cm³/mol. The highest BCUT2D eigenvalue weighted by atomic mass is 16.2. The van der Waals surface area contributed by atoms with Gasteiger partial charge in [-0.1, -0.05) is 11.6 Å². The molecule has 2 aliphatic heterocycles. The second kappa shape index (κ2) is 9.27. The van der Waals surface area contributed by atoms with E-state index in [1.807, 2.05) is 22.8 Å². The Morgan fingerprint density at radius 3 is 2.06 bits per heavy atom. The smallest absolute Gasteiger partial charge is 0.256 e. The van der Waals surface area contributed by atoms with Gasteiger partial charge >= 0.3 is 0 Å². The summed E-state index contributed by atoms with van der Waals surface area (Å²) in [6.07, 6.45) is 3.47. The Hall–Kier alpha value is -2.60. The zero-order valence-electron chi connectivity index (χ0n) is 19.1. The van der Waals surface area contributed by atoms with E-state index in [2.05, 4.69) is 47.6 Å². The van der Waals surface area contributed by atoms with Crippen LogP contribution in [0.2, 0.25) is 0 Å². The van der Waals surface area contributed by atoms with E-state index in [9.17, 15) is 9.59 Å². The van der Waals surface area contributed by atoms with Crippen LogP contribution >= 0.6 is 0 Å². The third-order valence-corrected chi connectivity index (χ3v) is 6.62. The van der Waals surface area contributed by atoms with Crippen molar-refractivity contribution in [2.24, 2.45) is 0 Å². The molecular formula is C25H34N4O2. The lowest BCUT2D eigenvalue weighted by molar-refractivity contribution is -0.133. The fourth-order valence-electron chi connectivity index (χ4n) is 4.78. The van der Waals surface area contributed by atoms with Crippen LogP contribution < -0.4 is 0 Å². The van der Waals surface area contributed by atoms with Crippen LogP contribution in [0.3, 0.4) is 0 Å². The van der Waals surface area contributed by atoms with Crippen LogP contribution in [0.5, 0.6) is 0 Å². The summed E-state index contributed by atoms with van der Waals surface area (Å²) < 4.78 is 2.15. The van der Waals surface area contributed by atoms with Crippen molar-refractivity contribution in [1.29, 1.82) is 0 Å². The van der Waals surface area contributed by atoms with Crippen molar-refractivity contribution in [1.82, 2.24) is 19.3 Å². The second-order valence-corrected chi connectivity index (χ2v) is 8.98. The molecule has 2 aromatic rings. The number of carbonyl (C=O) groups is 2. The number of aromatic nitrogens is 1. The molecular weight excluding hydrogens is 388 g/mol. The van der Waals surface area contributed by atoms with Crippen LogP contribution in [0.1, 0.15) is 46.6 Å². The maximum atomic E-state index is 13.5. The van der Waals surface area contributed by atoms with Crippen molar-refractivity contribution in [2.45, 2.75) is 40.0 Å². The lowest BCUT2D eigenvalue weighted by Gasteiger charge is -2.36. The number of hydrogen-bond donors (Lipinski definition) is 0. The highest BCUT2D eigenvalue weighted by molar-refractivity contribution is 5.98. The molecule has 0 atom stereocenters. The summed E-state index contributed by atoms with van der Waals surface area (Å²) in [5.74, 6) is 0.312. The predicted octanol–water partition coefficient (Wildman–Crippen LogP) is 3.17. The normalized spacial score (nSPS) is 17.8. The third kappa shape index (κ3) is 4.69. The Labute approximate surface area is 185 Å². The van der Waals surface area contributed by atoms with Crippen molar-refractivity contribution < 1.29 is 9.59 Å². The summed E-state index contributed by atoms with van der Waals surface area (Å²) in [7, 11) is 0. The first-order valence-corrected chi connectivity index (χ1v) is 11.5. The minimum atomic E-state index is 0.0770. The average Bonchev–Trinajstić information content (AvgIpc) is 3.12. The summed E-state index contributed by atoms with van der Waals surface area (Å²) in [4.78, 5) is 32.2. The van der Waals surface area contributed by atoms with Crippen LogP contribution in [0.25, 0.3) is 5.69 Å². The summed E-state index contributed by atoms with van der Waals surface area (Å²) in [5.41, 5.74) is 5.02. The van der Waals surface area contributed by atoms with E-state index in [0.717, 1.165) is 67.2 Å². The largest absolute Gasteiger partial charge is 0.342 e. The van der Waals surface area contributed by atoms with E-state index >= 15 is 0 Å². The first kappa shape index (κ1) is 21.6. The molecule has 3 heterocycles. The van der Waals surface area contributed by atoms with E-state index < -0.39 is 0 Å². The molecule has 6 heteroatoms. The van der Waals surface area contributed by atoms with E-state index in [-0.39, 0.29) is 11.8 Å². The van der Waals surface area contributed by atoms with Gasteiger partial charge in [0.15, 0.2) is 0 Å². The summed E-state index contributed by atoms with van der Waals surface area (Å²) in [6.45, 7) is 11.2. The first-order valence-electron chi connectivity index (χ1n) is 11.5. The topological polar surface area (TPSA) is 48.8 Å². The minimum absolute atomic E-state index is 0.0770. The van der Waals surface area contributed by atoms with Crippen molar-refractivity contribution in [3.8, 4) is 5.69 Å². The number of piperazine rings is 1. The zero-order valence-corrected chi connectivity index (χ0v) is 19.1. The molecule has 0 aliphatic carbocycles. The summed E-state index contributed by atoms with van der Waals surface area (Å²) in [5, 5.41) is 0. The van der Waals surface area contributed by atoms with Gasteiger partial charge in [-0.3, -0.25) is 14.5 Å². The van der Waals surface area contributed by atoms with Crippen molar-refractivity contribution in [3.63, 3.8) is 0 Å². The molecule has 166 valence electrons. The van der Waals surface area contributed by atoms with Gasteiger partial charge in [-0.2, -0.15) is 0 Å². The fourth-order valence-corrected chi connectivity index (χ4v) is 4.78. The van der Waals surface area contributed by atoms with Crippen LogP contribution in [-0.4, -0.2) is 76.9 Å². The van der Waals surface area contributed by atoms with Gasteiger partial charge < -0.3 is 14.4 Å². The van der Waals surface area contributed by atoms with Crippen molar-refractivity contribution in [3.05, 3.63) is 52.8 Å². The maximum absolute atomic E-state index is 13.5. The molecule has 31 heavy (non-hydrogen) atoms. The molecule has 0 N–H and O–H groups in total. The first-order chi connectivity index (χ1) is 14.9. The number of likely N-dealkylation sites (tertiary alicyclic amines) is 1.